The molecule has 0 N–H and O–H groups in total. The maximum Gasteiger partial charge on any atom is 0.243 e. The molecule has 0 bridgehead atoms. The van der Waals surface area contributed by atoms with Gasteiger partial charge in [0.1, 0.15) is 0 Å². The summed E-state index contributed by atoms with van der Waals surface area (Å²) in [6, 6.07) is 21.9. The minimum absolute atomic E-state index is 0.228. The zero-order valence-corrected chi connectivity index (χ0v) is 14.9. The van der Waals surface area contributed by atoms with E-state index < -0.39 is 10.0 Å². The zero-order chi connectivity index (χ0) is 17.7. The van der Waals surface area contributed by atoms with Gasteiger partial charge in [-0.1, -0.05) is 54.1 Å². The van der Waals surface area contributed by atoms with Gasteiger partial charge in [-0.25, -0.2) is 8.42 Å². The molecule has 1 aromatic heterocycles. The highest BCUT2D eigenvalue weighted by molar-refractivity contribution is 7.89. The van der Waals surface area contributed by atoms with Crippen molar-refractivity contribution in [3.63, 3.8) is 0 Å². The molecule has 2 aromatic carbocycles. The Morgan fingerprint density at radius 2 is 1.64 bits per heavy atom. The van der Waals surface area contributed by atoms with Gasteiger partial charge in [-0.15, -0.1) is 0 Å². The molecule has 0 fully saturated rings. The van der Waals surface area contributed by atoms with E-state index in [0.717, 1.165) is 16.8 Å². The Bertz CT molecular complexity index is 926. The van der Waals surface area contributed by atoms with Crippen LogP contribution in [-0.4, -0.2) is 17.7 Å². The standard InChI is InChI=1S/C20H20N2O2S/c1-17-8-7-9-18(14-17)15-22(16-19-10-5-6-13-21-19)25(23,24)20-11-3-2-4-12-20/h2-14H,15-16H2,1H3. The van der Waals surface area contributed by atoms with Crippen molar-refractivity contribution in [2.75, 3.05) is 0 Å². The van der Waals surface area contributed by atoms with Crippen molar-refractivity contribution in [3.05, 3.63) is 95.8 Å². The third kappa shape index (κ3) is 4.32. The van der Waals surface area contributed by atoms with Crippen LogP contribution in [0.1, 0.15) is 16.8 Å². The Morgan fingerprint density at radius 3 is 2.32 bits per heavy atom. The van der Waals surface area contributed by atoms with Crippen LogP contribution in [0.5, 0.6) is 0 Å². The molecule has 0 spiro atoms. The Kier molecular flexibility index (Phi) is 5.26. The minimum atomic E-state index is -3.62. The lowest BCUT2D eigenvalue weighted by molar-refractivity contribution is 0.397. The van der Waals surface area contributed by atoms with Crippen LogP contribution >= 0.6 is 0 Å². The van der Waals surface area contributed by atoms with Gasteiger partial charge in [0.15, 0.2) is 0 Å². The zero-order valence-electron chi connectivity index (χ0n) is 14.0. The van der Waals surface area contributed by atoms with E-state index in [-0.39, 0.29) is 6.54 Å². The summed E-state index contributed by atoms with van der Waals surface area (Å²) < 4.78 is 27.7. The molecule has 5 heteroatoms. The topological polar surface area (TPSA) is 50.3 Å². The number of hydrogen-bond donors (Lipinski definition) is 0. The summed E-state index contributed by atoms with van der Waals surface area (Å²) in [6.07, 6.45) is 1.68. The molecule has 128 valence electrons. The largest absolute Gasteiger partial charge is 0.260 e. The monoisotopic (exact) mass is 352 g/mol. The Balaban J connectivity index is 1.96. The average molecular weight is 352 g/mol. The summed E-state index contributed by atoms with van der Waals surface area (Å²) in [5, 5.41) is 0. The fraction of sp³-hybridized carbons (Fsp3) is 0.150. The summed E-state index contributed by atoms with van der Waals surface area (Å²) in [4.78, 5) is 4.57. The third-order valence-corrected chi connectivity index (χ3v) is 5.69. The maximum absolute atomic E-state index is 13.1. The van der Waals surface area contributed by atoms with E-state index in [4.69, 9.17) is 0 Å². The molecule has 3 aromatic rings. The van der Waals surface area contributed by atoms with Crippen molar-refractivity contribution >= 4 is 10.0 Å². The van der Waals surface area contributed by atoms with Crippen LogP contribution in [0.15, 0.2) is 83.9 Å². The molecular formula is C20H20N2O2S. The molecule has 0 saturated heterocycles. The van der Waals surface area contributed by atoms with Crippen molar-refractivity contribution in [1.82, 2.24) is 9.29 Å². The summed E-state index contributed by atoms with van der Waals surface area (Å²) in [5.74, 6) is 0. The van der Waals surface area contributed by atoms with E-state index in [2.05, 4.69) is 4.98 Å². The molecule has 1 heterocycles. The normalized spacial score (nSPS) is 11.6. The quantitative estimate of drug-likeness (QED) is 0.678. The van der Waals surface area contributed by atoms with Crippen molar-refractivity contribution < 1.29 is 8.42 Å². The average Bonchev–Trinajstić information content (AvgIpc) is 2.63. The first kappa shape index (κ1) is 17.3. The number of pyridine rings is 1. The molecule has 0 saturated carbocycles. The second kappa shape index (κ2) is 7.59. The fourth-order valence-corrected chi connectivity index (χ4v) is 4.07. The van der Waals surface area contributed by atoms with Crippen LogP contribution in [0.4, 0.5) is 0 Å². The van der Waals surface area contributed by atoms with Crippen LogP contribution < -0.4 is 0 Å². The first-order valence-corrected chi connectivity index (χ1v) is 9.50. The van der Waals surface area contributed by atoms with Gasteiger partial charge in [-0.3, -0.25) is 4.98 Å². The van der Waals surface area contributed by atoms with Crippen LogP contribution in [0.2, 0.25) is 0 Å². The minimum Gasteiger partial charge on any atom is -0.260 e. The van der Waals surface area contributed by atoms with Gasteiger partial charge in [0.05, 0.1) is 17.1 Å². The number of rotatable bonds is 6. The van der Waals surface area contributed by atoms with Gasteiger partial charge in [0.2, 0.25) is 10.0 Å². The van der Waals surface area contributed by atoms with Gasteiger partial charge >= 0.3 is 0 Å². The highest BCUT2D eigenvalue weighted by Crippen LogP contribution is 2.20. The molecule has 0 atom stereocenters. The molecule has 0 aliphatic carbocycles. The van der Waals surface area contributed by atoms with Crippen LogP contribution in [0.3, 0.4) is 0 Å². The van der Waals surface area contributed by atoms with E-state index in [9.17, 15) is 8.42 Å². The predicted molar refractivity (Wildman–Crippen MR) is 98.3 cm³/mol. The molecular weight excluding hydrogens is 332 g/mol. The molecule has 4 nitrogen and oxygen atoms in total. The summed E-state index contributed by atoms with van der Waals surface area (Å²) in [6.45, 7) is 2.53. The number of benzene rings is 2. The molecule has 3 rings (SSSR count). The van der Waals surface area contributed by atoms with Gasteiger partial charge < -0.3 is 0 Å². The highest BCUT2D eigenvalue weighted by atomic mass is 32.2. The Labute approximate surface area is 148 Å². The van der Waals surface area contributed by atoms with E-state index in [1.165, 1.54) is 4.31 Å². The first-order chi connectivity index (χ1) is 12.1. The third-order valence-electron chi connectivity index (χ3n) is 3.89. The number of aromatic nitrogens is 1. The molecule has 25 heavy (non-hydrogen) atoms. The van der Waals surface area contributed by atoms with Crippen molar-refractivity contribution in [3.8, 4) is 0 Å². The van der Waals surface area contributed by atoms with Crippen LogP contribution in [-0.2, 0) is 23.1 Å². The summed E-state index contributed by atoms with van der Waals surface area (Å²) in [7, 11) is -3.62. The summed E-state index contributed by atoms with van der Waals surface area (Å²) in [5.41, 5.74) is 2.78. The van der Waals surface area contributed by atoms with Gasteiger partial charge in [-0.05, 0) is 36.8 Å². The lowest BCUT2D eigenvalue weighted by Crippen LogP contribution is -2.30. The Morgan fingerprint density at radius 1 is 0.880 bits per heavy atom. The smallest absolute Gasteiger partial charge is 0.243 e. The van der Waals surface area contributed by atoms with Crippen molar-refractivity contribution in [2.45, 2.75) is 24.9 Å². The van der Waals surface area contributed by atoms with Crippen LogP contribution in [0, 0.1) is 6.92 Å². The second-order valence-electron chi connectivity index (χ2n) is 5.90. The molecule has 0 aliphatic rings. The highest BCUT2D eigenvalue weighted by Gasteiger charge is 2.25. The number of hydrogen-bond acceptors (Lipinski definition) is 3. The molecule has 0 radical (unpaired) electrons. The molecule has 0 amide bonds. The van der Waals surface area contributed by atoms with Crippen molar-refractivity contribution in [2.24, 2.45) is 0 Å². The van der Waals surface area contributed by atoms with E-state index in [0.29, 0.717) is 11.4 Å². The number of nitrogens with zero attached hydrogens (tertiary/aromatic N) is 2. The van der Waals surface area contributed by atoms with Crippen molar-refractivity contribution in [1.29, 1.82) is 0 Å². The predicted octanol–water partition coefficient (Wildman–Crippen LogP) is 3.78. The van der Waals surface area contributed by atoms with Gasteiger partial charge in [0, 0.05) is 12.7 Å². The first-order valence-electron chi connectivity index (χ1n) is 8.06. The van der Waals surface area contributed by atoms with E-state index >= 15 is 0 Å². The Hall–Kier alpha value is -2.50. The molecule has 0 unspecified atom stereocenters. The van der Waals surface area contributed by atoms with Gasteiger partial charge in [-0.2, -0.15) is 4.31 Å². The van der Waals surface area contributed by atoms with Crippen LogP contribution in [0.25, 0.3) is 0 Å². The fourth-order valence-electron chi connectivity index (χ4n) is 2.65. The SMILES string of the molecule is Cc1cccc(CN(Cc2ccccn2)S(=O)(=O)c2ccccc2)c1. The number of aryl methyl sites for hydroxylation is 1. The summed E-state index contributed by atoms with van der Waals surface area (Å²) >= 11 is 0. The maximum atomic E-state index is 13.1. The lowest BCUT2D eigenvalue weighted by atomic mass is 10.1. The molecule has 0 aliphatic heterocycles. The lowest BCUT2D eigenvalue weighted by Gasteiger charge is -2.22. The van der Waals surface area contributed by atoms with E-state index in [1.54, 1.807) is 30.5 Å². The van der Waals surface area contributed by atoms with E-state index in [1.807, 2.05) is 55.5 Å². The van der Waals surface area contributed by atoms with Gasteiger partial charge in [0.25, 0.3) is 0 Å². The number of sulfonamides is 1. The second-order valence-corrected chi connectivity index (χ2v) is 7.83.